The maximum Gasteiger partial charge on any atom is 0.283 e. The highest BCUT2D eigenvalue weighted by Crippen LogP contribution is 2.31. The van der Waals surface area contributed by atoms with Gasteiger partial charge in [-0.1, -0.05) is 17.7 Å². The van der Waals surface area contributed by atoms with Crippen molar-refractivity contribution < 1.29 is 24.2 Å². The lowest BCUT2D eigenvalue weighted by atomic mass is 10.2. The van der Waals surface area contributed by atoms with Gasteiger partial charge in [-0.05, 0) is 67.6 Å². The number of halogens is 1. The highest BCUT2D eigenvalue weighted by atomic mass is 35.5. The number of carbonyl (C=O) groups is 3. The van der Waals surface area contributed by atoms with E-state index in [1.165, 1.54) is 12.1 Å². The van der Waals surface area contributed by atoms with E-state index in [2.05, 4.69) is 10.6 Å². The van der Waals surface area contributed by atoms with Gasteiger partial charge in [-0.3, -0.25) is 14.4 Å². The van der Waals surface area contributed by atoms with E-state index in [0.29, 0.717) is 35.0 Å². The van der Waals surface area contributed by atoms with Crippen LogP contribution < -0.4 is 20.3 Å². The van der Waals surface area contributed by atoms with Crippen LogP contribution >= 0.6 is 11.6 Å². The number of nitrogens with zero attached hydrogens (tertiary/aromatic N) is 1. The maximum atomic E-state index is 12.9. The fourth-order valence-electron chi connectivity index (χ4n) is 3.34. The molecular weight excluding hydrogens is 458 g/mol. The summed E-state index contributed by atoms with van der Waals surface area (Å²) in [6.07, 6.45) is 0. The molecule has 8 nitrogen and oxygen atoms in total. The number of phenolic OH excluding ortho intramolecular Hbond substituents is 1. The molecule has 34 heavy (non-hydrogen) atoms. The number of ether oxygens (including phenoxy) is 1. The molecular formula is C25H20ClN3O5. The number of anilines is 3. The molecule has 0 unspecified atom stereocenters. The molecule has 0 fully saturated rings. The van der Waals surface area contributed by atoms with Crippen LogP contribution in [-0.2, 0) is 9.59 Å². The van der Waals surface area contributed by atoms with Crippen molar-refractivity contribution >= 4 is 46.4 Å². The zero-order chi connectivity index (χ0) is 24.2. The van der Waals surface area contributed by atoms with Crippen LogP contribution in [0.4, 0.5) is 17.1 Å². The minimum absolute atomic E-state index is 0.0394. The number of hydrogen-bond acceptors (Lipinski definition) is 6. The van der Waals surface area contributed by atoms with E-state index < -0.39 is 11.8 Å². The Labute approximate surface area is 200 Å². The Hall–Kier alpha value is -4.30. The van der Waals surface area contributed by atoms with Crippen molar-refractivity contribution in [1.82, 2.24) is 0 Å². The summed E-state index contributed by atoms with van der Waals surface area (Å²) in [7, 11) is 0. The molecule has 0 atom stereocenters. The number of imide groups is 1. The molecule has 0 saturated carbocycles. The molecule has 1 aliphatic rings. The number of benzene rings is 3. The van der Waals surface area contributed by atoms with Crippen LogP contribution in [0.25, 0.3) is 0 Å². The number of hydrogen-bond donors (Lipinski definition) is 3. The first-order valence-electron chi connectivity index (χ1n) is 10.4. The van der Waals surface area contributed by atoms with Gasteiger partial charge in [0.15, 0.2) is 0 Å². The summed E-state index contributed by atoms with van der Waals surface area (Å²) in [5.41, 5.74) is 1.59. The van der Waals surface area contributed by atoms with Crippen molar-refractivity contribution in [3.8, 4) is 11.5 Å². The Bertz CT molecular complexity index is 1290. The third-order valence-corrected chi connectivity index (χ3v) is 5.30. The molecule has 1 aliphatic heterocycles. The number of phenols is 1. The predicted molar refractivity (Wildman–Crippen MR) is 129 cm³/mol. The van der Waals surface area contributed by atoms with Gasteiger partial charge < -0.3 is 20.5 Å². The average molecular weight is 478 g/mol. The van der Waals surface area contributed by atoms with Gasteiger partial charge in [-0.25, -0.2) is 4.90 Å². The van der Waals surface area contributed by atoms with Crippen LogP contribution in [0.3, 0.4) is 0 Å². The van der Waals surface area contributed by atoms with E-state index in [1.54, 1.807) is 60.7 Å². The second-order valence-electron chi connectivity index (χ2n) is 7.27. The topological polar surface area (TPSA) is 108 Å². The first-order chi connectivity index (χ1) is 16.4. The van der Waals surface area contributed by atoms with Crippen LogP contribution in [0.2, 0.25) is 0 Å². The molecule has 3 amide bonds. The van der Waals surface area contributed by atoms with Gasteiger partial charge in [0.1, 0.15) is 22.2 Å². The van der Waals surface area contributed by atoms with Crippen LogP contribution in [0.5, 0.6) is 11.5 Å². The zero-order valence-electron chi connectivity index (χ0n) is 18.0. The van der Waals surface area contributed by atoms with Crippen molar-refractivity contribution in [3.63, 3.8) is 0 Å². The molecule has 4 rings (SSSR count). The Morgan fingerprint density at radius 2 is 1.68 bits per heavy atom. The van der Waals surface area contributed by atoms with Gasteiger partial charge in [0.05, 0.1) is 12.3 Å². The van der Waals surface area contributed by atoms with Crippen molar-refractivity contribution in [1.29, 1.82) is 0 Å². The number of nitrogens with one attached hydrogen (secondary N) is 2. The minimum Gasteiger partial charge on any atom is -0.508 e. The summed E-state index contributed by atoms with van der Waals surface area (Å²) < 4.78 is 5.39. The summed E-state index contributed by atoms with van der Waals surface area (Å²) in [5, 5.41) is 14.8. The van der Waals surface area contributed by atoms with E-state index in [1.807, 2.05) is 6.92 Å². The number of amides is 3. The normalized spacial score (nSPS) is 13.3. The zero-order valence-corrected chi connectivity index (χ0v) is 18.8. The quantitative estimate of drug-likeness (QED) is 0.433. The average Bonchev–Trinajstić information content (AvgIpc) is 3.03. The lowest BCUT2D eigenvalue weighted by molar-refractivity contribution is -0.120. The Morgan fingerprint density at radius 1 is 0.971 bits per heavy atom. The lowest BCUT2D eigenvalue weighted by Gasteiger charge is -2.15. The van der Waals surface area contributed by atoms with E-state index in [4.69, 9.17) is 16.3 Å². The maximum absolute atomic E-state index is 12.9. The molecule has 3 aromatic rings. The second kappa shape index (κ2) is 9.68. The van der Waals surface area contributed by atoms with E-state index >= 15 is 0 Å². The summed E-state index contributed by atoms with van der Waals surface area (Å²) >= 11 is 6.18. The largest absolute Gasteiger partial charge is 0.508 e. The van der Waals surface area contributed by atoms with Crippen molar-refractivity contribution in [2.45, 2.75) is 6.92 Å². The van der Waals surface area contributed by atoms with Gasteiger partial charge in [0, 0.05) is 23.0 Å². The third-order valence-electron chi connectivity index (χ3n) is 4.95. The fraction of sp³-hybridized carbons (Fsp3) is 0.0800. The number of aromatic hydroxyl groups is 1. The molecule has 3 aromatic carbocycles. The van der Waals surface area contributed by atoms with Crippen molar-refractivity contribution in [3.05, 3.63) is 89.1 Å². The van der Waals surface area contributed by atoms with Gasteiger partial charge in [0.2, 0.25) is 0 Å². The molecule has 0 bridgehead atoms. The predicted octanol–water partition coefficient (Wildman–Crippen LogP) is 4.48. The summed E-state index contributed by atoms with van der Waals surface area (Å²) in [6.45, 7) is 2.36. The molecule has 172 valence electrons. The minimum atomic E-state index is -0.638. The highest BCUT2D eigenvalue weighted by molar-refractivity contribution is 6.53. The van der Waals surface area contributed by atoms with Crippen LogP contribution in [0.1, 0.15) is 17.3 Å². The molecule has 0 aliphatic carbocycles. The Morgan fingerprint density at radius 3 is 2.32 bits per heavy atom. The fourth-order valence-corrected chi connectivity index (χ4v) is 3.55. The van der Waals surface area contributed by atoms with Crippen LogP contribution in [0.15, 0.2) is 83.5 Å². The first kappa shape index (κ1) is 22.9. The number of rotatable bonds is 7. The molecule has 0 radical (unpaired) electrons. The first-order valence-corrected chi connectivity index (χ1v) is 10.7. The summed E-state index contributed by atoms with van der Waals surface area (Å²) in [5.74, 6) is -0.943. The monoisotopic (exact) mass is 477 g/mol. The third kappa shape index (κ3) is 4.72. The SMILES string of the molecule is CCOc1ccc(N2C(=O)C(Cl)=C(Nc3ccc(C(=O)Nc4cccc(O)c4)cc3)C2=O)cc1. The van der Waals surface area contributed by atoms with Crippen molar-refractivity contribution in [2.24, 2.45) is 0 Å². The van der Waals surface area contributed by atoms with Crippen LogP contribution in [-0.4, -0.2) is 29.4 Å². The van der Waals surface area contributed by atoms with E-state index in [0.717, 1.165) is 4.90 Å². The molecule has 1 heterocycles. The van der Waals surface area contributed by atoms with Crippen LogP contribution in [0, 0.1) is 0 Å². The lowest BCUT2D eigenvalue weighted by Crippen LogP contribution is -2.32. The standard InChI is InChI=1S/C25H20ClN3O5/c1-2-34-20-12-10-18(11-13-20)29-24(32)21(26)22(25(29)33)27-16-8-6-15(7-9-16)23(31)28-17-4-3-5-19(30)14-17/h3-14,27,30H,2H2,1H3,(H,28,31). The second-order valence-corrected chi connectivity index (χ2v) is 7.65. The van der Waals surface area contributed by atoms with Crippen molar-refractivity contribution in [2.75, 3.05) is 22.1 Å². The molecule has 3 N–H and O–H groups in total. The molecule has 0 saturated heterocycles. The molecule has 0 aromatic heterocycles. The van der Waals surface area contributed by atoms with Gasteiger partial charge in [-0.15, -0.1) is 0 Å². The Kier molecular flexibility index (Phi) is 6.51. The number of carbonyl (C=O) groups excluding carboxylic acids is 3. The smallest absolute Gasteiger partial charge is 0.283 e. The molecule has 9 heteroatoms. The molecule has 0 spiro atoms. The van der Waals surface area contributed by atoms with E-state index in [9.17, 15) is 19.5 Å². The Balaban J connectivity index is 1.46. The summed E-state index contributed by atoms with van der Waals surface area (Å²) in [6, 6.07) is 19.0. The van der Waals surface area contributed by atoms with E-state index in [-0.39, 0.29) is 22.4 Å². The van der Waals surface area contributed by atoms with Gasteiger partial charge >= 0.3 is 0 Å². The highest BCUT2D eigenvalue weighted by Gasteiger charge is 2.39. The summed E-state index contributed by atoms with van der Waals surface area (Å²) in [4.78, 5) is 39.0. The van der Waals surface area contributed by atoms with Gasteiger partial charge in [-0.2, -0.15) is 0 Å². The van der Waals surface area contributed by atoms with Gasteiger partial charge in [0.25, 0.3) is 17.7 Å².